The zero-order valence-corrected chi connectivity index (χ0v) is 17.7. The number of aromatic nitrogens is 1. The van der Waals surface area contributed by atoms with Crippen molar-refractivity contribution in [2.24, 2.45) is 17.3 Å². The zero-order chi connectivity index (χ0) is 19.6. The first-order chi connectivity index (χ1) is 14.7. The van der Waals surface area contributed by atoms with Crippen LogP contribution in [-0.4, -0.2) is 4.57 Å². The molecule has 1 heterocycles. The molecule has 4 aromatic rings. The number of para-hydroxylation sites is 1. The molecule has 1 nitrogen and oxygen atoms in total. The van der Waals surface area contributed by atoms with Gasteiger partial charge in [0.05, 0.1) is 11.0 Å². The summed E-state index contributed by atoms with van der Waals surface area (Å²) in [6.07, 6.45) is 7.28. The Hall–Kier alpha value is -2.25. The summed E-state index contributed by atoms with van der Waals surface area (Å²) in [4.78, 5) is 0. The van der Waals surface area contributed by atoms with Crippen LogP contribution in [0.2, 0.25) is 5.02 Å². The second kappa shape index (κ2) is 5.32. The Morgan fingerprint density at radius 1 is 0.733 bits per heavy atom. The van der Waals surface area contributed by atoms with E-state index in [4.69, 9.17) is 11.6 Å². The summed E-state index contributed by atoms with van der Waals surface area (Å²) < 4.78 is 2.45. The van der Waals surface area contributed by atoms with Crippen LogP contribution < -0.4 is 0 Å². The van der Waals surface area contributed by atoms with Gasteiger partial charge in [0.15, 0.2) is 0 Å². The molecule has 2 heteroatoms. The summed E-state index contributed by atoms with van der Waals surface area (Å²) in [5, 5.41) is 3.49. The second-order valence-electron chi connectivity index (χ2n) is 10.5. The van der Waals surface area contributed by atoms with E-state index in [0.717, 1.165) is 28.7 Å². The zero-order valence-electron chi connectivity index (χ0n) is 16.9. The number of halogens is 1. The monoisotopic (exact) mass is 409 g/mol. The van der Waals surface area contributed by atoms with Crippen molar-refractivity contribution in [2.75, 3.05) is 0 Å². The quantitative estimate of drug-likeness (QED) is 0.302. The first-order valence-corrected chi connectivity index (χ1v) is 11.9. The lowest BCUT2D eigenvalue weighted by Gasteiger charge is -2.48. The van der Waals surface area contributed by atoms with Crippen LogP contribution in [0.1, 0.15) is 55.1 Å². The van der Waals surface area contributed by atoms with Crippen LogP contribution >= 0.6 is 11.6 Å². The molecule has 8 rings (SSSR count). The maximum atomic E-state index is 6.47. The third kappa shape index (κ3) is 1.83. The largest absolute Gasteiger partial charge is 0.309 e. The SMILES string of the molecule is Clc1ccc2c(c1)c1cc3c(cc1n2-c1ccccc1)C1CC2CC4CC3CC42C1. The van der Waals surface area contributed by atoms with Gasteiger partial charge in [-0.3, -0.25) is 0 Å². The fraction of sp³-hybridized carbons (Fsp3) is 0.357. The minimum Gasteiger partial charge on any atom is -0.309 e. The summed E-state index contributed by atoms with van der Waals surface area (Å²) in [6, 6.07) is 22.4. The molecule has 3 aromatic carbocycles. The Balaban J connectivity index is 1.48. The predicted molar refractivity (Wildman–Crippen MR) is 124 cm³/mol. The molecule has 1 spiro atoms. The lowest BCUT2D eigenvalue weighted by atomic mass is 9.56. The van der Waals surface area contributed by atoms with Crippen molar-refractivity contribution < 1.29 is 0 Å². The number of rotatable bonds is 1. The van der Waals surface area contributed by atoms with Gasteiger partial charge in [-0.25, -0.2) is 0 Å². The number of hydrogen-bond donors (Lipinski definition) is 0. The minimum atomic E-state index is 0.707. The van der Waals surface area contributed by atoms with Crippen LogP contribution in [0.4, 0.5) is 0 Å². The van der Waals surface area contributed by atoms with Crippen LogP contribution in [0.25, 0.3) is 27.5 Å². The van der Waals surface area contributed by atoms with E-state index < -0.39 is 0 Å². The van der Waals surface area contributed by atoms with Gasteiger partial charge in [0.1, 0.15) is 0 Å². The van der Waals surface area contributed by atoms with E-state index in [1.807, 2.05) is 6.07 Å². The van der Waals surface area contributed by atoms with Crippen LogP contribution in [-0.2, 0) is 0 Å². The fourth-order valence-electron chi connectivity index (χ4n) is 8.28. The third-order valence-electron chi connectivity index (χ3n) is 9.41. The summed E-state index contributed by atoms with van der Waals surface area (Å²) in [7, 11) is 0. The molecular formula is C28H24ClN. The molecule has 1 aromatic heterocycles. The number of hydrogen-bond acceptors (Lipinski definition) is 0. The minimum absolute atomic E-state index is 0.707. The van der Waals surface area contributed by atoms with Gasteiger partial charge in [0.25, 0.3) is 0 Å². The van der Waals surface area contributed by atoms with Crippen molar-refractivity contribution in [1.82, 2.24) is 4.57 Å². The third-order valence-corrected chi connectivity index (χ3v) is 9.65. The standard InChI is InChI=1S/C28H24ClN/c29-20-6-7-26-24(11-20)25-12-22-16-8-18-10-19-9-17(15-28(18,19)14-16)23(22)13-27(25)30(26)21-4-2-1-3-5-21/h1-7,11-13,16-19H,8-10,14-15H2. The maximum Gasteiger partial charge on any atom is 0.0544 e. The topological polar surface area (TPSA) is 4.93 Å². The first kappa shape index (κ1) is 16.4. The van der Waals surface area contributed by atoms with E-state index >= 15 is 0 Å². The molecule has 148 valence electrons. The molecule has 30 heavy (non-hydrogen) atoms. The molecule has 0 saturated heterocycles. The molecule has 0 radical (unpaired) electrons. The average molecular weight is 410 g/mol. The molecule has 3 saturated carbocycles. The molecule has 5 unspecified atom stereocenters. The van der Waals surface area contributed by atoms with Crippen molar-refractivity contribution in [3.05, 3.63) is 76.8 Å². The summed E-state index contributed by atoms with van der Waals surface area (Å²) in [6.45, 7) is 0. The van der Waals surface area contributed by atoms with E-state index in [-0.39, 0.29) is 0 Å². The van der Waals surface area contributed by atoms with Crippen LogP contribution in [0, 0.1) is 17.3 Å². The van der Waals surface area contributed by atoms with Gasteiger partial charge in [-0.1, -0.05) is 29.8 Å². The second-order valence-corrected chi connectivity index (χ2v) is 10.9. The normalized spacial score (nSPS) is 33.0. The molecular weight excluding hydrogens is 386 g/mol. The summed E-state index contributed by atoms with van der Waals surface area (Å²) in [5.41, 5.74) is 7.89. The van der Waals surface area contributed by atoms with Gasteiger partial charge in [0.2, 0.25) is 0 Å². The van der Waals surface area contributed by atoms with E-state index in [1.54, 1.807) is 11.1 Å². The van der Waals surface area contributed by atoms with Gasteiger partial charge in [-0.15, -0.1) is 0 Å². The van der Waals surface area contributed by atoms with Crippen molar-refractivity contribution >= 4 is 33.4 Å². The molecule has 3 fully saturated rings. The lowest BCUT2D eigenvalue weighted by molar-refractivity contribution is 0.00322. The number of nitrogens with zero attached hydrogens (tertiary/aromatic N) is 1. The van der Waals surface area contributed by atoms with E-state index in [0.29, 0.717) is 5.41 Å². The highest BCUT2D eigenvalue weighted by Gasteiger charge is 2.65. The Kier molecular flexibility index (Phi) is 2.92. The molecule has 0 amide bonds. The van der Waals surface area contributed by atoms with Gasteiger partial charge < -0.3 is 4.57 Å². The molecule has 5 atom stereocenters. The van der Waals surface area contributed by atoms with Crippen molar-refractivity contribution in [2.45, 2.75) is 43.9 Å². The molecule has 4 aliphatic carbocycles. The summed E-state index contributed by atoms with van der Waals surface area (Å²) in [5.74, 6) is 3.58. The predicted octanol–water partition coefficient (Wildman–Crippen LogP) is 7.83. The van der Waals surface area contributed by atoms with Crippen molar-refractivity contribution in [3.8, 4) is 5.69 Å². The van der Waals surface area contributed by atoms with E-state index in [9.17, 15) is 0 Å². The Morgan fingerprint density at radius 3 is 2.20 bits per heavy atom. The number of fused-ring (bicyclic) bond motifs is 8. The van der Waals surface area contributed by atoms with Crippen LogP contribution in [0.15, 0.2) is 60.7 Å². The fourth-order valence-corrected chi connectivity index (χ4v) is 8.45. The Bertz CT molecular complexity index is 1370. The Morgan fingerprint density at radius 2 is 1.43 bits per heavy atom. The van der Waals surface area contributed by atoms with Crippen molar-refractivity contribution in [1.29, 1.82) is 0 Å². The van der Waals surface area contributed by atoms with Gasteiger partial charge >= 0.3 is 0 Å². The Labute approximate surface area is 181 Å². The summed E-state index contributed by atoms with van der Waals surface area (Å²) >= 11 is 6.47. The molecule has 4 aliphatic rings. The van der Waals surface area contributed by atoms with Crippen LogP contribution in [0.5, 0.6) is 0 Å². The van der Waals surface area contributed by atoms with Gasteiger partial charge in [-0.05, 0) is 115 Å². The van der Waals surface area contributed by atoms with Crippen LogP contribution in [0.3, 0.4) is 0 Å². The highest BCUT2D eigenvalue weighted by Crippen LogP contribution is 2.76. The highest BCUT2D eigenvalue weighted by molar-refractivity contribution is 6.32. The molecule has 0 N–H and O–H groups in total. The van der Waals surface area contributed by atoms with Gasteiger partial charge in [0, 0.05) is 21.5 Å². The smallest absolute Gasteiger partial charge is 0.0544 e. The molecule has 3 bridgehead atoms. The average Bonchev–Trinajstić information content (AvgIpc) is 3.32. The van der Waals surface area contributed by atoms with Crippen molar-refractivity contribution in [3.63, 3.8) is 0 Å². The first-order valence-electron chi connectivity index (χ1n) is 11.5. The van der Waals surface area contributed by atoms with E-state index in [2.05, 4.69) is 59.2 Å². The highest BCUT2D eigenvalue weighted by atomic mass is 35.5. The maximum absolute atomic E-state index is 6.47. The molecule has 0 aliphatic heterocycles. The van der Waals surface area contributed by atoms with Gasteiger partial charge in [-0.2, -0.15) is 0 Å². The number of benzene rings is 3. The van der Waals surface area contributed by atoms with E-state index in [1.165, 1.54) is 59.6 Å². The lowest BCUT2D eigenvalue weighted by Crippen LogP contribution is -2.41.